The lowest BCUT2D eigenvalue weighted by molar-refractivity contribution is 0.0609. The maximum Gasteiger partial charge on any atom is 0.290 e. The SMILES string of the molecule is Cc1cc2ncc3c(n2n1)C[C@H]1CC[C@H]3N1C(=O)c1ccco1. The number of furan rings is 1. The average molecular weight is 308 g/mol. The van der Waals surface area contributed by atoms with Crippen LogP contribution in [0.5, 0.6) is 0 Å². The van der Waals surface area contributed by atoms with E-state index >= 15 is 0 Å². The molecule has 1 fully saturated rings. The zero-order chi connectivity index (χ0) is 15.6. The molecule has 0 aliphatic carbocycles. The molecule has 6 heteroatoms. The summed E-state index contributed by atoms with van der Waals surface area (Å²) in [6, 6.07) is 5.76. The van der Waals surface area contributed by atoms with Crippen molar-refractivity contribution in [2.24, 2.45) is 0 Å². The highest BCUT2D eigenvalue weighted by Crippen LogP contribution is 2.44. The van der Waals surface area contributed by atoms with E-state index in [1.54, 1.807) is 18.4 Å². The van der Waals surface area contributed by atoms with Crippen molar-refractivity contribution >= 4 is 11.6 Å². The highest BCUT2D eigenvalue weighted by molar-refractivity contribution is 5.92. The van der Waals surface area contributed by atoms with E-state index in [0.717, 1.165) is 36.2 Å². The molecule has 2 aliphatic rings. The third kappa shape index (κ3) is 1.72. The predicted molar refractivity (Wildman–Crippen MR) is 82.1 cm³/mol. The van der Waals surface area contributed by atoms with Crippen molar-refractivity contribution in [2.45, 2.75) is 38.3 Å². The number of hydrogen-bond acceptors (Lipinski definition) is 4. The maximum absolute atomic E-state index is 12.8. The monoisotopic (exact) mass is 308 g/mol. The number of rotatable bonds is 1. The van der Waals surface area contributed by atoms with Gasteiger partial charge in [0, 0.05) is 30.3 Å². The molecule has 0 saturated carbocycles. The van der Waals surface area contributed by atoms with Gasteiger partial charge in [0.25, 0.3) is 5.91 Å². The van der Waals surface area contributed by atoms with E-state index < -0.39 is 0 Å². The molecule has 0 aromatic carbocycles. The van der Waals surface area contributed by atoms with Gasteiger partial charge in [-0.1, -0.05) is 0 Å². The van der Waals surface area contributed by atoms with Crippen molar-refractivity contribution < 1.29 is 9.21 Å². The summed E-state index contributed by atoms with van der Waals surface area (Å²) >= 11 is 0. The van der Waals surface area contributed by atoms with Gasteiger partial charge in [-0.25, -0.2) is 9.50 Å². The van der Waals surface area contributed by atoms with E-state index in [4.69, 9.17) is 4.42 Å². The summed E-state index contributed by atoms with van der Waals surface area (Å²) in [7, 11) is 0. The van der Waals surface area contributed by atoms with Crippen molar-refractivity contribution in [2.75, 3.05) is 0 Å². The molecule has 2 bridgehead atoms. The zero-order valence-corrected chi connectivity index (χ0v) is 12.8. The van der Waals surface area contributed by atoms with Crippen LogP contribution in [0.25, 0.3) is 5.65 Å². The van der Waals surface area contributed by atoms with Crippen molar-refractivity contribution in [1.82, 2.24) is 19.5 Å². The molecular formula is C17H16N4O2. The van der Waals surface area contributed by atoms with E-state index in [1.165, 1.54) is 5.69 Å². The molecular weight excluding hydrogens is 292 g/mol. The number of amides is 1. The van der Waals surface area contributed by atoms with Crippen molar-refractivity contribution in [3.05, 3.63) is 53.4 Å². The normalized spacial score (nSPS) is 22.6. The number of fused-ring (bicyclic) bond motifs is 6. The Labute approximate surface area is 132 Å². The summed E-state index contributed by atoms with van der Waals surface area (Å²) in [5, 5.41) is 4.58. The number of nitrogens with zero attached hydrogens (tertiary/aromatic N) is 4. The fraction of sp³-hybridized carbons (Fsp3) is 0.353. The molecule has 0 N–H and O–H groups in total. The van der Waals surface area contributed by atoms with E-state index in [1.807, 2.05) is 28.6 Å². The highest BCUT2D eigenvalue weighted by Gasteiger charge is 2.44. The number of carbonyl (C=O) groups excluding carboxylic acids is 1. The Kier molecular flexibility index (Phi) is 2.48. The van der Waals surface area contributed by atoms with Gasteiger partial charge in [-0.15, -0.1) is 0 Å². The first-order chi connectivity index (χ1) is 11.2. The van der Waals surface area contributed by atoms with Crippen LogP contribution < -0.4 is 0 Å². The average Bonchev–Trinajstić information content (AvgIpc) is 3.25. The number of carbonyl (C=O) groups is 1. The number of hydrogen-bond donors (Lipinski definition) is 0. The van der Waals surface area contributed by atoms with Crippen LogP contribution in [-0.2, 0) is 6.42 Å². The second kappa shape index (κ2) is 4.44. The molecule has 0 radical (unpaired) electrons. The quantitative estimate of drug-likeness (QED) is 0.693. The van der Waals surface area contributed by atoms with Gasteiger partial charge in [0.05, 0.1) is 23.7 Å². The lowest BCUT2D eigenvalue weighted by Crippen LogP contribution is -2.42. The zero-order valence-electron chi connectivity index (χ0n) is 12.8. The Bertz CT molecular complexity index is 912. The fourth-order valence-electron chi connectivity index (χ4n) is 4.04. The van der Waals surface area contributed by atoms with Crippen LogP contribution in [0.4, 0.5) is 0 Å². The van der Waals surface area contributed by atoms with Crippen molar-refractivity contribution in [3.8, 4) is 0 Å². The first-order valence-corrected chi connectivity index (χ1v) is 7.92. The van der Waals surface area contributed by atoms with Gasteiger partial charge in [-0.2, -0.15) is 5.10 Å². The summed E-state index contributed by atoms with van der Waals surface area (Å²) in [6.45, 7) is 1.98. The van der Waals surface area contributed by atoms with Gasteiger partial charge in [0.2, 0.25) is 0 Å². The van der Waals surface area contributed by atoms with E-state index in [-0.39, 0.29) is 18.0 Å². The van der Waals surface area contributed by atoms with Crippen LogP contribution in [0.15, 0.2) is 35.1 Å². The first-order valence-electron chi connectivity index (χ1n) is 7.92. The van der Waals surface area contributed by atoms with Crippen LogP contribution in [0.1, 0.15) is 46.4 Å². The lowest BCUT2D eigenvalue weighted by Gasteiger charge is -2.35. The van der Waals surface area contributed by atoms with Crippen molar-refractivity contribution in [1.29, 1.82) is 0 Å². The minimum atomic E-state index is -0.0232. The van der Waals surface area contributed by atoms with Gasteiger partial charge in [0.15, 0.2) is 11.4 Å². The van der Waals surface area contributed by atoms with Gasteiger partial charge < -0.3 is 9.32 Å². The molecule has 2 aliphatic heterocycles. The van der Waals surface area contributed by atoms with Gasteiger partial charge in [-0.3, -0.25) is 4.79 Å². The summed E-state index contributed by atoms with van der Waals surface area (Å²) in [5.74, 6) is 0.388. The van der Waals surface area contributed by atoms with E-state index in [0.29, 0.717) is 5.76 Å². The molecule has 3 aromatic heterocycles. The lowest BCUT2D eigenvalue weighted by atomic mass is 9.99. The summed E-state index contributed by atoms with van der Waals surface area (Å²) in [6.07, 6.45) is 6.26. The minimum absolute atomic E-state index is 0.0232. The summed E-state index contributed by atoms with van der Waals surface area (Å²) in [4.78, 5) is 19.3. The third-order valence-corrected chi connectivity index (χ3v) is 4.99. The van der Waals surface area contributed by atoms with Gasteiger partial charge in [0.1, 0.15) is 0 Å². The van der Waals surface area contributed by atoms with Crippen LogP contribution in [0.3, 0.4) is 0 Å². The predicted octanol–water partition coefficient (Wildman–Crippen LogP) is 2.53. The molecule has 3 aromatic rings. The van der Waals surface area contributed by atoms with Crippen LogP contribution in [0.2, 0.25) is 0 Å². The largest absolute Gasteiger partial charge is 0.459 e. The van der Waals surface area contributed by atoms with E-state index in [2.05, 4.69) is 10.1 Å². The smallest absolute Gasteiger partial charge is 0.290 e. The maximum atomic E-state index is 12.8. The molecule has 1 saturated heterocycles. The molecule has 6 nitrogen and oxygen atoms in total. The van der Waals surface area contributed by atoms with Crippen LogP contribution in [-0.4, -0.2) is 31.4 Å². The molecule has 5 heterocycles. The first kappa shape index (κ1) is 12.9. The Morgan fingerprint density at radius 3 is 3.13 bits per heavy atom. The third-order valence-electron chi connectivity index (χ3n) is 4.99. The molecule has 116 valence electrons. The van der Waals surface area contributed by atoms with E-state index in [9.17, 15) is 4.79 Å². The Hall–Kier alpha value is -2.63. The van der Waals surface area contributed by atoms with Crippen LogP contribution >= 0.6 is 0 Å². The summed E-state index contributed by atoms with van der Waals surface area (Å²) in [5.41, 5.74) is 4.16. The van der Waals surface area contributed by atoms with Gasteiger partial charge >= 0.3 is 0 Å². The molecule has 2 atom stereocenters. The number of aromatic nitrogens is 3. The molecule has 1 amide bonds. The second-order valence-electron chi connectivity index (χ2n) is 6.36. The molecule has 23 heavy (non-hydrogen) atoms. The molecule has 0 unspecified atom stereocenters. The van der Waals surface area contributed by atoms with Crippen molar-refractivity contribution in [3.63, 3.8) is 0 Å². The topological polar surface area (TPSA) is 63.6 Å². The van der Waals surface area contributed by atoms with Gasteiger partial charge in [-0.05, 0) is 31.9 Å². The molecule has 0 spiro atoms. The number of aryl methyl sites for hydroxylation is 1. The molecule has 5 rings (SSSR count). The standard InChI is InChI=1S/C17H16N4O2/c1-10-7-16-18-9-12-13-5-4-11(8-14(12)21(16)19-10)20(13)17(22)15-3-2-6-23-15/h2-3,6-7,9,11,13H,4-5,8H2,1H3/t11-,13-/m1/s1. The Morgan fingerprint density at radius 1 is 1.39 bits per heavy atom. The Balaban J connectivity index is 1.63. The van der Waals surface area contributed by atoms with Crippen LogP contribution in [0, 0.1) is 6.92 Å². The Morgan fingerprint density at radius 2 is 2.30 bits per heavy atom. The minimum Gasteiger partial charge on any atom is -0.459 e. The highest BCUT2D eigenvalue weighted by atomic mass is 16.3. The second-order valence-corrected chi connectivity index (χ2v) is 6.36. The summed E-state index contributed by atoms with van der Waals surface area (Å²) < 4.78 is 7.26. The fourth-order valence-corrected chi connectivity index (χ4v) is 4.04.